The molecule has 1 aromatic heterocycles. The summed E-state index contributed by atoms with van der Waals surface area (Å²) in [5.41, 5.74) is -3.40. The number of alkyl halides is 6. The number of carbonyl (C=O) groups excluding carboxylic acids is 1. The zero-order chi connectivity index (χ0) is 20.2. The zero-order valence-electron chi connectivity index (χ0n) is 13.7. The normalized spacial score (nSPS) is 12.3. The summed E-state index contributed by atoms with van der Waals surface area (Å²) in [7, 11) is 0. The molecule has 0 aliphatic heterocycles. The van der Waals surface area contributed by atoms with Crippen molar-refractivity contribution in [2.24, 2.45) is 0 Å². The van der Waals surface area contributed by atoms with Gasteiger partial charge in [-0.25, -0.2) is 4.98 Å². The average Bonchev–Trinajstić information content (AvgIpc) is 3.05. The van der Waals surface area contributed by atoms with Gasteiger partial charge in [0.15, 0.2) is 0 Å². The van der Waals surface area contributed by atoms with E-state index in [4.69, 9.17) is 5.11 Å². The second-order valence-corrected chi connectivity index (χ2v) is 5.67. The molecule has 2 N–H and O–H groups in total. The van der Waals surface area contributed by atoms with Gasteiger partial charge in [-0.05, 0) is 23.8 Å². The fraction of sp³-hybridized carbons (Fsp3) is 0.375. The minimum absolute atomic E-state index is 0.00230. The first-order valence-corrected chi connectivity index (χ1v) is 7.66. The van der Waals surface area contributed by atoms with Crippen LogP contribution in [0.3, 0.4) is 0 Å². The van der Waals surface area contributed by atoms with Crippen LogP contribution < -0.4 is 0 Å². The largest absolute Gasteiger partial charge is 0.416 e. The number of aliphatic hydroxyl groups excluding tert-OH is 1. The summed E-state index contributed by atoms with van der Waals surface area (Å²) in [6, 6.07) is 1.02. The predicted molar refractivity (Wildman–Crippen MR) is 81.2 cm³/mol. The molecule has 0 atom stereocenters. The summed E-state index contributed by atoms with van der Waals surface area (Å²) in [5.74, 6) is -0.385. The van der Waals surface area contributed by atoms with E-state index in [-0.39, 0.29) is 19.2 Å². The van der Waals surface area contributed by atoms with Gasteiger partial charge in [0, 0.05) is 18.9 Å². The number of imidazole rings is 1. The van der Waals surface area contributed by atoms with E-state index in [2.05, 4.69) is 9.97 Å². The summed E-state index contributed by atoms with van der Waals surface area (Å²) >= 11 is 0. The number of nitrogens with zero attached hydrogens (tertiary/aromatic N) is 2. The van der Waals surface area contributed by atoms with E-state index < -0.39 is 48.0 Å². The summed E-state index contributed by atoms with van der Waals surface area (Å²) in [6.45, 7) is -0.648. The molecule has 0 aliphatic carbocycles. The van der Waals surface area contributed by atoms with Gasteiger partial charge in [0.1, 0.15) is 5.82 Å². The van der Waals surface area contributed by atoms with Gasteiger partial charge in [-0.15, -0.1) is 0 Å². The Morgan fingerprint density at radius 3 is 2.11 bits per heavy atom. The summed E-state index contributed by atoms with van der Waals surface area (Å²) in [6.07, 6.45) is -7.76. The lowest BCUT2D eigenvalue weighted by atomic mass is 10.0. The minimum Gasteiger partial charge on any atom is -0.395 e. The monoisotopic (exact) mass is 395 g/mol. The first kappa shape index (κ1) is 20.7. The van der Waals surface area contributed by atoms with Crippen molar-refractivity contribution in [1.29, 1.82) is 0 Å². The number of aliphatic hydroxyl groups is 1. The van der Waals surface area contributed by atoms with Crippen LogP contribution in [0.15, 0.2) is 30.6 Å². The van der Waals surface area contributed by atoms with Crippen molar-refractivity contribution >= 4 is 5.91 Å². The molecule has 148 valence electrons. The van der Waals surface area contributed by atoms with Crippen LogP contribution >= 0.6 is 0 Å². The van der Waals surface area contributed by atoms with E-state index in [0.717, 1.165) is 4.90 Å². The highest BCUT2D eigenvalue weighted by atomic mass is 19.4. The van der Waals surface area contributed by atoms with Gasteiger partial charge in [0.25, 0.3) is 0 Å². The van der Waals surface area contributed by atoms with E-state index in [0.29, 0.717) is 18.0 Å². The third-order valence-electron chi connectivity index (χ3n) is 3.62. The number of aromatic nitrogens is 2. The van der Waals surface area contributed by atoms with E-state index in [9.17, 15) is 31.1 Å². The van der Waals surface area contributed by atoms with Crippen LogP contribution in [0.1, 0.15) is 22.5 Å². The van der Waals surface area contributed by atoms with Crippen LogP contribution in [-0.4, -0.2) is 39.0 Å². The van der Waals surface area contributed by atoms with Gasteiger partial charge >= 0.3 is 12.4 Å². The maximum Gasteiger partial charge on any atom is 0.416 e. The topological polar surface area (TPSA) is 69.2 Å². The van der Waals surface area contributed by atoms with E-state index in [1.54, 1.807) is 0 Å². The number of hydrogen-bond donors (Lipinski definition) is 2. The SMILES string of the molecule is O=C(Cc1cc(C(F)(F)F)cc(C(F)(F)F)c1)N(CCO)Cc1ncc[nH]1. The summed E-state index contributed by atoms with van der Waals surface area (Å²) in [5, 5.41) is 9.06. The number of nitrogens with one attached hydrogen (secondary N) is 1. The third-order valence-corrected chi connectivity index (χ3v) is 3.62. The lowest BCUT2D eigenvalue weighted by molar-refractivity contribution is -0.143. The second kappa shape index (κ2) is 7.99. The number of hydrogen-bond acceptors (Lipinski definition) is 3. The molecule has 0 fully saturated rings. The van der Waals surface area contributed by atoms with Crippen LogP contribution in [0.4, 0.5) is 26.3 Å². The van der Waals surface area contributed by atoms with Crippen LogP contribution in [0.2, 0.25) is 0 Å². The number of benzene rings is 1. The van der Waals surface area contributed by atoms with Crippen molar-refractivity contribution < 1.29 is 36.2 Å². The lowest BCUT2D eigenvalue weighted by Crippen LogP contribution is -2.34. The Morgan fingerprint density at radius 2 is 1.67 bits per heavy atom. The molecule has 27 heavy (non-hydrogen) atoms. The predicted octanol–water partition coefficient (Wildman–Crippen LogP) is 3.01. The maximum atomic E-state index is 12.9. The van der Waals surface area contributed by atoms with Gasteiger partial charge in [-0.2, -0.15) is 26.3 Å². The second-order valence-electron chi connectivity index (χ2n) is 5.67. The van der Waals surface area contributed by atoms with Gasteiger partial charge in [0.05, 0.1) is 30.7 Å². The molecule has 0 radical (unpaired) electrons. The summed E-state index contributed by atoms with van der Waals surface area (Å²) in [4.78, 5) is 20.1. The molecule has 0 saturated heterocycles. The Morgan fingerprint density at radius 1 is 1.07 bits per heavy atom. The Kier molecular flexibility index (Phi) is 6.14. The van der Waals surface area contributed by atoms with Crippen molar-refractivity contribution in [3.05, 3.63) is 53.1 Å². The maximum absolute atomic E-state index is 12.9. The molecule has 0 bridgehead atoms. The molecule has 5 nitrogen and oxygen atoms in total. The first-order valence-electron chi connectivity index (χ1n) is 7.66. The quantitative estimate of drug-likeness (QED) is 0.739. The fourth-order valence-corrected chi connectivity index (χ4v) is 2.39. The van der Waals surface area contributed by atoms with Crippen molar-refractivity contribution in [2.45, 2.75) is 25.3 Å². The minimum atomic E-state index is -4.99. The molecule has 1 amide bonds. The van der Waals surface area contributed by atoms with Crippen molar-refractivity contribution in [3.63, 3.8) is 0 Å². The molecular weight excluding hydrogens is 380 g/mol. The smallest absolute Gasteiger partial charge is 0.395 e. The van der Waals surface area contributed by atoms with E-state index in [1.807, 2.05) is 0 Å². The number of H-pyrrole nitrogens is 1. The Hall–Kier alpha value is -2.56. The fourth-order valence-electron chi connectivity index (χ4n) is 2.39. The van der Waals surface area contributed by atoms with Crippen molar-refractivity contribution in [3.8, 4) is 0 Å². The molecule has 1 heterocycles. The molecule has 0 saturated carbocycles. The van der Waals surface area contributed by atoms with Crippen LogP contribution in [0, 0.1) is 0 Å². The molecule has 0 aliphatic rings. The third kappa shape index (κ3) is 5.71. The van der Waals surface area contributed by atoms with Gasteiger partial charge in [0.2, 0.25) is 5.91 Å². The first-order chi connectivity index (χ1) is 12.5. The highest BCUT2D eigenvalue weighted by Gasteiger charge is 2.37. The number of halogens is 6. The number of rotatable bonds is 6. The number of amides is 1. The average molecular weight is 395 g/mol. The van der Waals surface area contributed by atoms with Crippen LogP contribution in [-0.2, 0) is 30.1 Å². The van der Waals surface area contributed by atoms with Gasteiger partial charge < -0.3 is 15.0 Å². The van der Waals surface area contributed by atoms with Crippen LogP contribution in [0.25, 0.3) is 0 Å². The van der Waals surface area contributed by atoms with Crippen molar-refractivity contribution in [2.75, 3.05) is 13.2 Å². The van der Waals surface area contributed by atoms with E-state index >= 15 is 0 Å². The molecular formula is C16H15F6N3O2. The van der Waals surface area contributed by atoms with Crippen molar-refractivity contribution in [1.82, 2.24) is 14.9 Å². The Labute approximate surface area is 149 Å². The standard InChI is InChI=1S/C16H15F6N3O2/c17-15(18,19)11-5-10(6-12(8-11)16(20,21)22)7-14(27)25(3-4-26)9-13-23-1-2-24-13/h1-2,5-6,8,26H,3-4,7,9H2,(H,23,24). The zero-order valence-corrected chi connectivity index (χ0v) is 13.7. The molecule has 2 aromatic rings. The molecule has 0 spiro atoms. The lowest BCUT2D eigenvalue weighted by Gasteiger charge is -2.21. The number of carbonyl (C=O) groups is 1. The van der Waals surface area contributed by atoms with Crippen LogP contribution in [0.5, 0.6) is 0 Å². The highest BCUT2D eigenvalue weighted by molar-refractivity contribution is 5.78. The van der Waals surface area contributed by atoms with Gasteiger partial charge in [-0.1, -0.05) is 0 Å². The molecule has 2 rings (SSSR count). The van der Waals surface area contributed by atoms with Gasteiger partial charge in [-0.3, -0.25) is 4.79 Å². The number of aromatic amines is 1. The van der Waals surface area contributed by atoms with E-state index in [1.165, 1.54) is 12.4 Å². The highest BCUT2D eigenvalue weighted by Crippen LogP contribution is 2.36. The Balaban J connectivity index is 2.29. The molecule has 0 unspecified atom stereocenters. The Bertz CT molecular complexity index is 739. The molecule has 1 aromatic carbocycles. The molecule has 11 heteroatoms. The summed E-state index contributed by atoms with van der Waals surface area (Å²) < 4.78 is 77.4.